The van der Waals surface area contributed by atoms with E-state index in [-0.39, 0.29) is 11.9 Å². The van der Waals surface area contributed by atoms with Crippen LogP contribution < -0.4 is 11.1 Å². The number of rotatable bonds is 5. The van der Waals surface area contributed by atoms with Crippen LogP contribution in [0, 0.1) is 6.92 Å². The summed E-state index contributed by atoms with van der Waals surface area (Å²) in [4.78, 5) is 12.4. The lowest BCUT2D eigenvalue weighted by molar-refractivity contribution is 0.0934. The highest BCUT2D eigenvalue weighted by molar-refractivity contribution is 5.95. The number of aryl methyl sites for hydroxylation is 1. The summed E-state index contributed by atoms with van der Waals surface area (Å²) < 4.78 is 0. The molecule has 3 heteroatoms. The van der Waals surface area contributed by atoms with Crippen molar-refractivity contribution in [2.75, 3.05) is 5.73 Å². The first-order valence-corrected chi connectivity index (χ1v) is 7.33. The fourth-order valence-electron chi connectivity index (χ4n) is 2.32. The standard InChI is InChI=1S/C18H22N2O/c1-3-7-17(14-8-5-4-6-9-14)20-18(21)15-11-10-13(2)16(19)12-15/h4-6,8-12,17H,3,7,19H2,1-2H3,(H,20,21). The van der Waals surface area contributed by atoms with Gasteiger partial charge in [-0.25, -0.2) is 0 Å². The number of anilines is 1. The maximum atomic E-state index is 12.4. The summed E-state index contributed by atoms with van der Waals surface area (Å²) in [6, 6.07) is 15.5. The molecule has 2 aromatic carbocycles. The third-order valence-corrected chi connectivity index (χ3v) is 3.63. The van der Waals surface area contributed by atoms with Crippen LogP contribution in [0.3, 0.4) is 0 Å². The van der Waals surface area contributed by atoms with Crippen LogP contribution >= 0.6 is 0 Å². The molecule has 21 heavy (non-hydrogen) atoms. The molecule has 1 unspecified atom stereocenters. The number of nitrogen functional groups attached to an aromatic ring is 1. The molecule has 3 nitrogen and oxygen atoms in total. The quantitative estimate of drug-likeness (QED) is 0.818. The summed E-state index contributed by atoms with van der Waals surface area (Å²) >= 11 is 0. The monoisotopic (exact) mass is 282 g/mol. The third-order valence-electron chi connectivity index (χ3n) is 3.63. The van der Waals surface area contributed by atoms with Crippen LogP contribution in [-0.2, 0) is 0 Å². The second-order valence-electron chi connectivity index (χ2n) is 5.30. The number of carbonyl (C=O) groups excluding carboxylic acids is 1. The molecule has 0 radical (unpaired) electrons. The molecular weight excluding hydrogens is 260 g/mol. The van der Waals surface area contributed by atoms with Gasteiger partial charge in [-0.1, -0.05) is 49.7 Å². The van der Waals surface area contributed by atoms with E-state index in [1.165, 1.54) is 0 Å². The van der Waals surface area contributed by atoms with Crippen LogP contribution in [0.15, 0.2) is 48.5 Å². The van der Waals surface area contributed by atoms with Crippen LogP contribution in [0.1, 0.15) is 47.3 Å². The minimum Gasteiger partial charge on any atom is -0.398 e. The Morgan fingerprint density at radius 2 is 1.90 bits per heavy atom. The van der Waals surface area contributed by atoms with E-state index in [0.717, 1.165) is 24.0 Å². The minimum atomic E-state index is -0.0796. The van der Waals surface area contributed by atoms with Gasteiger partial charge < -0.3 is 11.1 Å². The highest BCUT2D eigenvalue weighted by Crippen LogP contribution is 2.20. The van der Waals surface area contributed by atoms with Crippen molar-refractivity contribution in [3.8, 4) is 0 Å². The zero-order valence-electron chi connectivity index (χ0n) is 12.6. The van der Waals surface area contributed by atoms with Crippen molar-refractivity contribution in [3.63, 3.8) is 0 Å². The van der Waals surface area contributed by atoms with Gasteiger partial charge in [-0.3, -0.25) is 4.79 Å². The minimum absolute atomic E-state index is 0.0335. The number of hydrogen-bond donors (Lipinski definition) is 2. The first-order chi connectivity index (χ1) is 10.1. The molecule has 0 saturated heterocycles. The van der Waals surface area contributed by atoms with Crippen LogP contribution in [-0.4, -0.2) is 5.91 Å². The van der Waals surface area contributed by atoms with Gasteiger partial charge >= 0.3 is 0 Å². The molecule has 0 aliphatic carbocycles. The zero-order valence-corrected chi connectivity index (χ0v) is 12.6. The van der Waals surface area contributed by atoms with Gasteiger partial charge in [0.25, 0.3) is 5.91 Å². The van der Waals surface area contributed by atoms with E-state index < -0.39 is 0 Å². The van der Waals surface area contributed by atoms with Crippen molar-refractivity contribution in [1.82, 2.24) is 5.32 Å². The molecule has 3 N–H and O–H groups in total. The van der Waals surface area contributed by atoms with Crippen molar-refractivity contribution in [2.45, 2.75) is 32.7 Å². The maximum absolute atomic E-state index is 12.4. The highest BCUT2D eigenvalue weighted by atomic mass is 16.1. The van der Waals surface area contributed by atoms with Crippen molar-refractivity contribution in [2.24, 2.45) is 0 Å². The zero-order chi connectivity index (χ0) is 15.2. The molecule has 1 atom stereocenters. The van der Waals surface area contributed by atoms with Gasteiger partial charge in [-0.15, -0.1) is 0 Å². The number of amides is 1. The van der Waals surface area contributed by atoms with Crippen molar-refractivity contribution in [1.29, 1.82) is 0 Å². The lowest BCUT2D eigenvalue weighted by Crippen LogP contribution is -2.28. The van der Waals surface area contributed by atoms with Gasteiger partial charge in [-0.2, -0.15) is 0 Å². The number of nitrogens with one attached hydrogen (secondary N) is 1. The largest absolute Gasteiger partial charge is 0.398 e. The van der Waals surface area contributed by atoms with E-state index in [0.29, 0.717) is 11.3 Å². The Balaban J connectivity index is 2.16. The van der Waals surface area contributed by atoms with Gasteiger partial charge in [0.15, 0.2) is 0 Å². The topological polar surface area (TPSA) is 55.1 Å². The number of benzene rings is 2. The first-order valence-electron chi connectivity index (χ1n) is 7.33. The van der Waals surface area contributed by atoms with Gasteiger partial charge in [0.2, 0.25) is 0 Å². The van der Waals surface area contributed by atoms with Gasteiger partial charge in [-0.05, 0) is 36.6 Å². The molecule has 0 aromatic heterocycles. The van der Waals surface area contributed by atoms with E-state index in [4.69, 9.17) is 5.73 Å². The second-order valence-corrected chi connectivity index (χ2v) is 5.30. The maximum Gasteiger partial charge on any atom is 0.251 e. The smallest absolute Gasteiger partial charge is 0.251 e. The van der Waals surface area contributed by atoms with E-state index in [1.807, 2.05) is 49.4 Å². The SMILES string of the molecule is CCCC(NC(=O)c1ccc(C)c(N)c1)c1ccccc1. The second kappa shape index (κ2) is 6.93. The van der Waals surface area contributed by atoms with Crippen LogP contribution in [0.5, 0.6) is 0 Å². The summed E-state index contributed by atoms with van der Waals surface area (Å²) in [5, 5.41) is 3.10. The Morgan fingerprint density at radius 3 is 2.52 bits per heavy atom. The fraction of sp³-hybridized carbons (Fsp3) is 0.278. The molecule has 0 saturated carbocycles. The predicted molar refractivity (Wildman–Crippen MR) is 87.1 cm³/mol. The van der Waals surface area contributed by atoms with E-state index >= 15 is 0 Å². The Bertz CT molecular complexity index is 608. The average Bonchev–Trinajstić information content (AvgIpc) is 2.50. The van der Waals surface area contributed by atoms with E-state index in [2.05, 4.69) is 12.2 Å². The third kappa shape index (κ3) is 3.85. The fourth-order valence-corrected chi connectivity index (χ4v) is 2.32. The molecule has 1 amide bonds. The molecule has 0 heterocycles. The summed E-state index contributed by atoms with van der Waals surface area (Å²) in [5.41, 5.74) is 9.25. The van der Waals surface area contributed by atoms with Crippen molar-refractivity contribution in [3.05, 3.63) is 65.2 Å². The summed E-state index contributed by atoms with van der Waals surface area (Å²) in [6.07, 6.45) is 1.92. The molecule has 0 fully saturated rings. The van der Waals surface area contributed by atoms with Crippen molar-refractivity contribution >= 4 is 11.6 Å². The molecule has 0 aliphatic rings. The van der Waals surface area contributed by atoms with Crippen molar-refractivity contribution < 1.29 is 4.79 Å². The summed E-state index contributed by atoms with van der Waals surface area (Å²) in [5.74, 6) is -0.0796. The highest BCUT2D eigenvalue weighted by Gasteiger charge is 2.15. The van der Waals surface area contributed by atoms with Crippen LogP contribution in [0.4, 0.5) is 5.69 Å². The molecule has 0 spiro atoms. The first kappa shape index (κ1) is 15.1. The van der Waals surface area contributed by atoms with Gasteiger partial charge in [0, 0.05) is 11.3 Å². The predicted octanol–water partition coefficient (Wildman–Crippen LogP) is 3.85. The number of carbonyl (C=O) groups is 1. The van der Waals surface area contributed by atoms with E-state index in [9.17, 15) is 4.79 Å². The van der Waals surface area contributed by atoms with Gasteiger partial charge in [0.1, 0.15) is 0 Å². The Labute approximate surface area is 126 Å². The normalized spacial score (nSPS) is 11.9. The molecule has 2 rings (SSSR count). The Kier molecular flexibility index (Phi) is 4.99. The number of nitrogens with two attached hydrogens (primary N) is 1. The lowest BCUT2D eigenvalue weighted by atomic mass is 10.0. The molecular formula is C18H22N2O. The number of hydrogen-bond acceptors (Lipinski definition) is 2. The summed E-state index contributed by atoms with van der Waals surface area (Å²) in [7, 11) is 0. The Morgan fingerprint density at radius 1 is 1.19 bits per heavy atom. The lowest BCUT2D eigenvalue weighted by Gasteiger charge is -2.19. The summed E-state index contributed by atoms with van der Waals surface area (Å²) in [6.45, 7) is 4.05. The van der Waals surface area contributed by atoms with Gasteiger partial charge in [0.05, 0.1) is 6.04 Å². The Hall–Kier alpha value is -2.29. The van der Waals surface area contributed by atoms with E-state index in [1.54, 1.807) is 6.07 Å². The molecule has 0 bridgehead atoms. The average molecular weight is 282 g/mol. The van der Waals surface area contributed by atoms with Crippen LogP contribution in [0.2, 0.25) is 0 Å². The van der Waals surface area contributed by atoms with Crippen LogP contribution in [0.25, 0.3) is 0 Å². The molecule has 0 aliphatic heterocycles. The molecule has 110 valence electrons. The molecule has 2 aromatic rings.